The van der Waals surface area contributed by atoms with Crippen molar-refractivity contribution in [3.8, 4) is 0 Å². The molecule has 0 amide bonds. The molecule has 0 saturated carbocycles. The van der Waals surface area contributed by atoms with Gasteiger partial charge in [-0.05, 0) is 24.7 Å². The minimum atomic E-state index is 0.475. The lowest BCUT2D eigenvalue weighted by atomic mass is 10.0. The van der Waals surface area contributed by atoms with Gasteiger partial charge in [0.05, 0.1) is 5.69 Å². The number of thiazole rings is 1. The van der Waals surface area contributed by atoms with E-state index in [4.69, 9.17) is 10.7 Å². The Hall–Kier alpha value is -0.610. The normalized spacial score (nSPS) is 20.1. The lowest BCUT2D eigenvalue weighted by molar-refractivity contribution is 0.529. The first kappa shape index (κ1) is 13.8. The lowest BCUT2D eigenvalue weighted by Gasteiger charge is -2.14. The van der Waals surface area contributed by atoms with Crippen molar-refractivity contribution in [2.45, 2.75) is 52.5 Å². The number of rotatable bonds is 5. The van der Waals surface area contributed by atoms with E-state index in [1.54, 1.807) is 11.3 Å². The number of nitrogens with two attached hydrogens (primary N) is 1. The Morgan fingerprint density at radius 1 is 1.50 bits per heavy atom. The third kappa shape index (κ3) is 2.86. The molecular formula is C14H25N3S. The van der Waals surface area contributed by atoms with Crippen LogP contribution >= 0.6 is 11.3 Å². The molecule has 1 atom stereocenters. The van der Waals surface area contributed by atoms with Crippen LogP contribution in [-0.4, -0.2) is 18.1 Å². The third-order valence-electron chi connectivity index (χ3n) is 3.70. The Morgan fingerprint density at radius 2 is 2.28 bits per heavy atom. The third-order valence-corrected chi connectivity index (χ3v) is 4.86. The van der Waals surface area contributed by atoms with Crippen molar-refractivity contribution in [1.82, 2.24) is 4.98 Å². The van der Waals surface area contributed by atoms with Gasteiger partial charge in [-0.2, -0.15) is 0 Å². The van der Waals surface area contributed by atoms with E-state index in [-0.39, 0.29) is 0 Å². The highest BCUT2D eigenvalue weighted by Gasteiger charge is 2.25. The molecule has 0 aromatic carbocycles. The van der Waals surface area contributed by atoms with Gasteiger partial charge in [0, 0.05) is 24.5 Å². The number of aromatic nitrogens is 1. The molecule has 0 bridgehead atoms. The number of anilines is 1. The molecule has 4 heteroatoms. The zero-order chi connectivity index (χ0) is 13.1. The summed E-state index contributed by atoms with van der Waals surface area (Å²) in [5, 5.41) is 1.19. The van der Waals surface area contributed by atoms with Crippen molar-refractivity contribution in [3.63, 3.8) is 0 Å². The van der Waals surface area contributed by atoms with E-state index in [1.165, 1.54) is 48.1 Å². The van der Waals surface area contributed by atoms with E-state index in [0.717, 1.165) is 5.92 Å². The monoisotopic (exact) mass is 267 g/mol. The van der Waals surface area contributed by atoms with Gasteiger partial charge in [-0.25, -0.2) is 4.98 Å². The lowest BCUT2D eigenvalue weighted by Crippen LogP contribution is -2.19. The number of hydrogen-bond donors (Lipinski definition) is 1. The molecular weight excluding hydrogens is 242 g/mol. The van der Waals surface area contributed by atoms with Gasteiger partial charge in [-0.3, -0.25) is 0 Å². The summed E-state index contributed by atoms with van der Waals surface area (Å²) in [6.07, 6.45) is 3.96. The molecule has 1 unspecified atom stereocenters. The van der Waals surface area contributed by atoms with Gasteiger partial charge < -0.3 is 10.6 Å². The van der Waals surface area contributed by atoms with E-state index in [2.05, 4.69) is 25.7 Å². The van der Waals surface area contributed by atoms with Crippen molar-refractivity contribution in [1.29, 1.82) is 0 Å². The van der Waals surface area contributed by atoms with Gasteiger partial charge in [0.25, 0.3) is 0 Å². The van der Waals surface area contributed by atoms with Crippen LogP contribution in [0.25, 0.3) is 0 Å². The molecule has 3 nitrogen and oxygen atoms in total. The second-order valence-electron chi connectivity index (χ2n) is 5.55. The molecule has 102 valence electrons. The second-order valence-corrected chi connectivity index (χ2v) is 6.62. The first-order valence-electron chi connectivity index (χ1n) is 7.10. The maximum Gasteiger partial charge on any atom is 0.185 e. The van der Waals surface area contributed by atoms with Crippen LogP contribution in [0, 0.1) is 5.92 Å². The molecule has 0 radical (unpaired) electrons. The van der Waals surface area contributed by atoms with Crippen LogP contribution in [0.2, 0.25) is 0 Å². The Kier molecular flexibility index (Phi) is 4.62. The molecule has 1 aromatic rings. The Balaban J connectivity index is 2.10. The van der Waals surface area contributed by atoms with E-state index in [1.807, 2.05) is 0 Å². The fraction of sp³-hybridized carbons (Fsp3) is 0.786. The number of nitrogens with zero attached hydrogens (tertiary/aromatic N) is 2. The Bertz CT molecular complexity index is 386. The van der Waals surface area contributed by atoms with E-state index >= 15 is 0 Å². The van der Waals surface area contributed by atoms with Gasteiger partial charge >= 0.3 is 0 Å². The zero-order valence-corrected chi connectivity index (χ0v) is 12.6. The molecule has 18 heavy (non-hydrogen) atoms. The largest absolute Gasteiger partial charge is 0.348 e. The minimum absolute atomic E-state index is 0.475. The summed E-state index contributed by atoms with van der Waals surface area (Å²) in [7, 11) is 0. The smallest absolute Gasteiger partial charge is 0.185 e. The molecule has 1 aliphatic rings. The molecule has 1 saturated heterocycles. The van der Waals surface area contributed by atoms with Crippen LogP contribution in [0.1, 0.15) is 56.5 Å². The number of hydrogen-bond acceptors (Lipinski definition) is 4. The van der Waals surface area contributed by atoms with Crippen molar-refractivity contribution in [2.75, 3.05) is 18.0 Å². The standard InChI is InChI=1S/C14H25N3S/c1-4-5-11-6-7-17(9-11)14-16-13(10(2)3)12(8-15)18-14/h10-11H,4-9,15H2,1-3H3. The maximum absolute atomic E-state index is 5.83. The first-order valence-corrected chi connectivity index (χ1v) is 7.92. The predicted molar refractivity (Wildman–Crippen MR) is 79.3 cm³/mol. The maximum atomic E-state index is 5.83. The molecule has 2 N–H and O–H groups in total. The topological polar surface area (TPSA) is 42.2 Å². The van der Waals surface area contributed by atoms with Gasteiger partial charge in [0.15, 0.2) is 5.13 Å². The van der Waals surface area contributed by atoms with Gasteiger partial charge in [0.1, 0.15) is 0 Å². The summed E-state index contributed by atoms with van der Waals surface area (Å²) in [5.41, 5.74) is 7.03. The average Bonchev–Trinajstić information content (AvgIpc) is 2.94. The van der Waals surface area contributed by atoms with Crippen molar-refractivity contribution in [3.05, 3.63) is 10.6 Å². The first-order chi connectivity index (χ1) is 8.65. The van der Waals surface area contributed by atoms with Crippen LogP contribution in [0.15, 0.2) is 0 Å². The van der Waals surface area contributed by atoms with Gasteiger partial charge in [-0.15, -0.1) is 11.3 Å². The summed E-state index contributed by atoms with van der Waals surface area (Å²) in [5.74, 6) is 1.34. The summed E-state index contributed by atoms with van der Waals surface area (Å²) in [4.78, 5) is 8.54. The van der Waals surface area contributed by atoms with Crippen molar-refractivity contribution >= 4 is 16.5 Å². The predicted octanol–water partition coefficient (Wildman–Crippen LogP) is 3.35. The molecule has 1 fully saturated rings. The summed E-state index contributed by atoms with van der Waals surface area (Å²) >= 11 is 1.80. The fourth-order valence-electron chi connectivity index (χ4n) is 2.73. The van der Waals surface area contributed by atoms with E-state index in [9.17, 15) is 0 Å². The fourth-order valence-corrected chi connectivity index (χ4v) is 3.86. The summed E-state index contributed by atoms with van der Waals surface area (Å²) in [6, 6.07) is 0. The highest BCUT2D eigenvalue weighted by Crippen LogP contribution is 2.34. The van der Waals surface area contributed by atoms with Crippen molar-refractivity contribution < 1.29 is 0 Å². The summed E-state index contributed by atoms with van der Waals surface area (Å²) in [6.45, 7) is 9.64. The summed E-state index contributed by atoms with van der Waals surface area (Å²) < 4.78 is 0. The van der Waals surface area contributed by atoms with Crippen LogP contribution in [0.5, 0.6) is 0 Å². The second kappa shape index (κ2) is 6.02. The Morgan fingerprint density at radius 3 is 2.83 bits per heavy atom. The molecule has 1 aromatic heterocycles. The average molecular weight is 267 g/mol. The van der Waals surface area contributed by atoms with E-state index < -0.39 is 0 Å². The van der Waals surface area contributed by atoms with Crippen LogP contribution in [0.4, 0.5) is 5.13 Å². The molecule has 0 spiro atoms. The molecule has 0 aliphatic carbocycles. The molecule has 2 heterocycles. The van der Waals surface area contributed by atoms with Crippen LogP contribution in [-0.2, 0) is 6.54 Å². The highest BCUT2D eigenvalue weighted by atomic mass is 32.1. The van der Waals surface area contributed by atoms with Gasteiger partial charge in [0.2, 0.25) is 0 Å². The van der Waals surface area contributed by atoms with Crippen LogP contribution in [0.3, 0.4) is 0 Å². The quantitative estimate of drug-likeness (QED) is 0.889. The Labute approximate surface area is 114 Å². The molecule has 2 rings (SSSR count). The highest BCUT2D eigenvalue weighted by molar-refractivity contribution is 7.15. The van der Waals surface area contributed by atoms with Crippen LogP contribution < -0.4 is 10.6 Å². The zero-order valence-electron chi connectivity index (χ0n) is 11.8. The molecule has 1 aliphatic heterocycles. The van der Waals surface area contributed by atoms with Gasteiger partial charge in [-0.1, -0.05) is 27.2 Å². The van der Waals surface area contributed by atoms with Crippen molar-refractivity contribution in [2.24, 2.45) is 11.7 Å². The SMILES string of the molecule is CCCC1CCN(c2nc(C(C)C)c(CN)s2)C1. The minimum Gasteiger partial charge on any atom is -0.348 e. The van der Waals surface area contributed by atoms with E-state index in [0.29, 0.717) is 12.5 Å².